The van der Waals surface area contributed by atoms with E-state index in [-0.39, 0.29) is 17.5 Å². The monoisotopic (exact) mass is 236 g/mol. The van der Waals surface area contributed by atoms with Gasteiger partial charge in [0.2, 0.25) is 0 Å². The maximum atomic E-state index is 13.8. The van der Waals surface area contributed by atoms with Crippen LogP contribution in [0.2, 0.25) is 0 Å². The molecule has 0 bridgehead atoms. The molecular formula is C14H17FO2. The molecule has 3 heteroatoms. The molecule has 2 nitrogen and oxygen atoms in total. The second-order valence-corrected chi connectivity index (χ2v) is 4.70. The summed E-state index contributed by atoms with van der Waals surface area (Å²) in [5.41, 5.74) is 1.78. The lowest BCUT2D eigenvalue weighted by Gasteiger charge is -2.11. The first kappa shape index (κ1) is 12.2. The van der Waals surface area contributed by atoms with Crippen LogP contribution in [0.5, 0.6) is 0 Å². The van der Waals surface area contributed by atoms with Crippen molar-refractivity contribution in [2.75, 3.05) is 6.61 Å². The van der Waals surface area contributed by atoms with E-state index < -0.39 is 5.82 Å². The number of ketones is 1. The molecule has 2 rings (SSSR count). The second-order valence-electron chi connectivity index (χ2n) is 4.70. The van der Waals surface area contributed by atoms with Gasteiger partial charge in [0.15, 0.2) is 5.78 Å². The summed E-state index contributed by atoms with van der Waals surface area (Å²) in [5.74, 6) is -0.558. The van der Waals surface area contributed by atoms with Crippen molar-refractivity contribution in [3.05, 3.63) is 34.6 Å². The van der Waals surface area contributed by atoms with E-state index in [1.807, 2.05) is 13.0 Å². The average Bonchev–Trinajstić information content (AvgIpc) is 2.68. The summed E-state index contributed by atoms with van der Waals surface area (Å²) in [6, 6.07) is 3.25. The first-order valence-corrected chi connectivity index (χ1v) is 5.99. The standard InChI is InChI=1S/C14H17FO2/c1-9-6-10(2)14(12(15)7-9)13(16)8-11-4-3-5-17-11/h6-7,11H,3-5,8H2,1-2H3. The number of aryl methyl sites for hydroxylation is 2. The van der Waals surface area contributed by atoms with Crippen LogP contribution in [-0.4, -0.2) is 18.5 Å². The Balaban J connectivity index is 2.18. The maximum absolute atomic E-state index is 13.8. The van der Waals surface area contributed by atoms with Crippen LogP contribution in [0.1, 0.15) is 40.7 Å². The van der Waals surface area contributed by atoms with Crippen LogP contribution in [0, 0.1) is 19.7 Å². The third-order valence-electron chi connectivity index (χ3n) is 3.15. The van der Waals surface area contributed by atoms with E-state index in [9.17, 15) is 9.18 Å². The summed E-state index contributed by atoms with van der Waals surface area (Å²) in [6.07, 6.45) is 2.16. The lowest BCUT2D eigenvalue weighted by Crippen LogP contribution is -2.15. The minimum absolute atomic E-state index is 0.0254. The Morgan fingerprint density at radius 2 is 2.24 bits per heavy atom. The SMILES string of the molecule is Cc1cc(C)c(C(=O)CC2CCCO2)c(F)c1. The van der Waals surface area contributed by atoms with Gasteiger partial charge in [0.1, 0.15) is 5.82 Å². The zero-order valence-electron chi connectivity index (χ0n) is 10.3. The Morgan fingerprint density at radius 1 is 1.47 bits per heavy atom. The molecule has 1 aliphatic heterocycles. The second kappa shape index (κ2) is 4.96. The van der Waals surface area contributed by atoms with E-state index in [2.05, 4.69) is 0 Å². The third-order valence-corrected chi connectivity index (χ3v) is 3.15. The average molecular weight is 236 g/mol. The first-order chi connectivity index (χ1) is 8.08. The Morgan fingerprint density at radius 3 is 2.82 bits per heavy atom. The highest BCUT2D eigenvalue weighted by Gasteiger charge is 2.22. The quantitative estimate of drug-likeness (QED) is 0.753. The fraction of sp³-hybridized carbons (Fsp3) is 0.500. The smallest absolute Gasteiger partial charge is 0.168 e. The van der Waals surface area contributed by atoms with Gasteiger partial charge < -0.3 is 4.74 Å². The summed E-state index contributed by atoms with van der Waals surface area (Å²) in [6.45, 7) is 4.32. The van der Waals surface area contributed by atoms with Gasteiger partial charge in [0, 0.05) is 13.0 Å². The van der Waals surface area contributed by atoms with Gasteiger partial charge in [0.05, 0.1) is 11.7 Å². The van der Waals surface area contributed by atoms with Crippen molar-refractivity contribution in [2.24, 2.45) is 0 Å². The number of carbonyl (C=O) groups is 1. The molecule has 0 spiro atoms. The normalized spacial score (nSPS) is 19.6. The molecule has 92 valence electrons. The minimum Gasteiger partial charge on any atom is -0.378 e. The van der Waals surface area contributed by atoms with Crippen molar-refractivity contribution >= 4 is 5.78 Å². The van der Waals surface area contributed by atoms with Crippen molar-refractivity contribution in [3.63, 3.8) is 0 Å². The highest BCUT2D eigenvalue weighted by atomic mass is 19.1. The van der Waals surface area contributed by atoms with Crippen LogP contribution < -0.4 is 0 Å². The van der Waals surface area contributed by atoms with Gasteiger partial charge in [-0.15, -0.1) is 0 Å². The van der Waals surface area contributed by atoms with Crippen molar-refractivity contribution < 1.29 is 13.9 Å². The Labute approximate surface area is 101 Å². The molecule has 1 fully saturated rings. The Hall–Kier alpha value is -1.22. The lowest BCUT2D eigenvalue weighted by atomic mass is 9.97. The topological polar surface area (TPSA) is 26.3 Å². The molecular weight excluding hydrogens is 219 g/mol. The molecule has 0 N–H and O–H groups in total. The van der Waals surface area contributed by atoms with E-state index in [1.165, 1.54) is 6.07 Å². The molecule has 0 aromatic heterocycles. The van der Waals surface area contributed by atoms with Crippen LogP contribution in [0.3, 0.4) is 0 Å². The number of halogens is 1. The summed E-state index contributed by atoms with van der Waals surface area (Å²) in [7, 11) is 0. The number of carbonyl (C=O) groups excluding carboxylic acids is 1. The number of rotatable bonds is 3. The van der Waals surface area contributed by atoms with Crippen molar-refractivity contribution in [2.45, 2.75) is 39.2 Å². The molecule has 0 aliphatic carbocycles. The van der Waals surface area contributed by atoms with Gasteiger partial charge in [-0.05, 0) is 43.9 Å². The largest absolute Gasteiger partial charge is 0.378 e. The van der Waals surface area contributed by atoms with Crippen molar-refractivity contribution in [3.8, 4) is 0 Å². The number of ether oxygens (including phenoxy) is 1. The van der Waals surface area contributed by atoms with E-state index in [1.54, 1.807) is 6.92 Å². The number of hydrogen-bond donors (Lipinski definition) is 0. The highest BCUT2D eigenvalue weighted by molar-refractivity contribution is 5.98. The Kier molecular flexibility index (Phi) is 3.57. The molecule has 0 saturated carbocycles. The van der Waals surface area contributed by atoms with Crippen LogP contribution in [-0.2, 0) is 4.74 Å². The summed E-state index contributed by atoms with van der Waals surface area (Å²) in [4.78, 5) is 12.0. The zero-order chi connectivity index (χ0) is 12.4. The lowest BCUT2D eigenvalue weighted by molar-refractivity contribution is 0.0772. The van der Waals surface area contributed by atoms with Gasteiger partial charge in [0.25, 0.3) is 0 Å². The Bertz CT molecular complexity index is 411. The number of hydrogen-bond acceptors (Lipinski definition) is 2. The number of Topliss-reactive ketones (excluding diaryl/α,β-unsaturated/α-hetero) is 1. The molecule has 1 aliphatic rings. The van der Waals surface area contributed by atoms with Crippen LogP contribution >= 0.6 is 0 Å². The predicted molar refractivity (Wildman–Crippen MR) is 63.8 cm³/mol. The highest BCUT2D eigenvalue weighted by Crippen LogP contribution is 2.22. The van der Waals surface area contributed by atoms with Gasteiger partial charge in [-0.2, -0.15) is 0 Å². The molecule has 1 unspecified atom stereocenters. The number of benzene rings is 1. The van der Waals surface area contributed by atoms with E-state index >= 15 is 0 Å². The predicted octanol–water partition coefficient (Wildman–Crippen LogP) is 3.19. The van der Waals surface area contributed by atoms with E-state index in [4.69, 9.17) is 4.74 Å². The first-order valence-electron chi connectivity index (χ1n) is 5.99. The molecule has 1 aromatic rings. The van der Waals surface area contributed by atoms with E-state index in [0.29, 0.717) is 18.6 Å². The molecule has 1 heterocycles. The molecule has 1 atom stereocenters. The van der Waals surface area contributed by atoms with E-state index in [0.717, 1.165) is 18.4 Å². The van der Waals surface area contributed by atoms with Gasteiger partial charge in [-0.25, -0.2) is 4.39 Å². The van der Waals surface area contributed by atoms with Crippen LogP contribution in [0.25, 0.3) is 0 Å². The van der Waals surface area contributed by atoms with Gasteiger partial charge >= 0.3 is 0 Å². The van der Waals surface area contributed by atoms with Crippen LogP contribution in [0.15, 0.2) is 12.1 Å². The molecule has 17 heavy (non-hydrogen) atoms. The molecule has 0 radical (unpaired) electrons. The van der Waals surface area contributed by atoms with Gasteiger partial charge in [-0.1, -0.05) is 6.07 Å². The third kappa shape index (κ3) is 2.72. The van der Waals surface area contributed by atoms with Crippen LogP contribution in [0.4, 0.5) is 4.39 Å². The summed E-state index contributed by atoms with van der Waals surface area (Å²) in [5, 5.41) is 0. The zero-order valence-corrected chi connectivity index (χ0v) is 10.3. The van der Waals surface area contributed by atoms with Crippen molar-refractivity contribution in [1.82, 2.24) is 0 Å². The minimum atomic E-state index is -0.412. The summed E-state index contributed by atoms with van der Waals surface area (Å²) < 4.78 is 19.2. The fourth-order valence-electron chi connectivity index (χ4n) is 2.38. The maximum Gasteiger partial charge on any atom is 0.168 e. The fourth-order valence-corrected chi connectivity index (χ4v) is 2.38. The molecule has 1 aromatic carbocycles. The summed E-state index contributed by atoms with van der Waals surface area (Å²) >= 11 is 0. The van der Waals surface area contributed by atoms with Crippen molar-refractivity contribution in [1.29, 1.82) is 0 Å². The molecule has 0 amide bonds. The van der Waals surface area contributed by atoms with Gasteiger partial charge in [-0.3, -0.25) is 4.79 Å². The molecule has 1 saturated heterocycles.